The van der Waals surface area contributed by atoms with Crippen molar-refractivity contribution < 1.29 is 19.1 Å². The summed E-state index contributed by atoms with van der Waals surface area (Å²) in [6.45, 7) is 7.98. The fraction of sp³-hybridized carbons (Fsp3) is 0.548. The minimum atomic E-state index is -0.530. The molecule has 43 heavy (non-hydrogen) atoms. The highest BCUT2D eigenvalue weighted by molar-refractivity contribution is 5.94. The number of rotatable bonds is 5. The van der Waals surface area contributed by atoms with E-state index in [1.807, 2.05) is 30.2 Å². The van der Waals surface area contributed by atoms with Gasteiger partial charge in [-0.15, -0.1) is 0 Å². The molecule has 1 N–H and O–H groups in total. The Kier molecular flexibility index (Phi) is 8.84. The molecule has 2 aromatic rings. The van der Waals surface area contributed by atoms with Gasteiger partial charge in [0.05, 0.1) is 11.9 Å². The molecule has 2 aromatic heterocycles. The minimum absolute atomic E-state index is 0.0747. The third-order valence-electron chi connectivity index (χ3n) is 8.14. The summed E-state index contributed by atoms with van der Waals surface area (Å²) >= 11 is 0. The summed E-state index contributed by atoms with van der Waals surface area (Å²) in [5.74, 6) is 1.13. The number of amides is 3. The lowest BCUT2D eigenvalue weighted by Gasteiger charge is -2.26. The first-order chi connectivity index (χ1) is 20.5. The Morgan fingerprint density at radius 1 is 0.930 bits per heavy atom. The lowest BCUT2D eigenvalue weighted by Crippen LogP contribution is -2.38. The van der Waals surface area contributed by atoms with Gasteiger partial charge in [-0.2, -0.15) is 0 Å². The van der Waals surface area contributed by atoms with E-state index >= 15 is 0 Å². The molecule has 2 saturated heterocycles. The summed E-state index contributed by atoms with van der Waals surface area (Å²) in [6.07, 6.45) is 8.75. The number of likely N-dealkylation sites (tertiary alicyclic amines) is 2. The second-order valence-corrected chi connectivity index (χ2v) is 12.8. The van der Waals surface area contributed by atoms with E-state index in [9.17, 15) is 14.4 Å². The lowest BCUT2D eigenvalue weighted by atomic mass is 10.0. The summed E-state index contributed by atoms with van der Waals surface area (Å²) in [5.41, 5.74) is 0.522. The van der Waals surface area contributed by atoms with Crippen LogP contribution in [0.2, 0.25) is 0 Å². The molecule has 4 heterocycles. The van der Waals surface area contributed by atoms with Gasteiger partial charge in [0, 0.05) is 70.5 Å². The van der Waals surface area contributed by atoms with Gasteiger partial charge in [0.2, 0.25) is 5.95 Å². The molecule has 12 heteroatoms. The van der Waals surface area contributed by atoms with Gasteiger partial charge in [-0.05, 0) is 57.9 Å². The largest absolute Gasteiger partial charge is 0.444 e. The van der Waals surface area contributed by atoms with Gasteiger partial charge in [-0.3, -0.25) is 9.59 Å². The number of nitrogens with zero attached hydrogens (tertiary/aromatic N) is 7. The molecule has 3 amide bonds. The van der Waals surface area contributed by atoms with Crippen LogP contribution in [-0.2, 0) is 4.74 Å². The molecule has 0 bridgehead atoms. The van der Waals surface area contributed by atoms with Crippen LogP contribution in [0.1, 0.15) is 73.3 Å². The second kappa shape index (κ2) is 12.6. The molecule has 3 fully saturated rings. The Labute approximate surface area is 252 Å². The molecular weight excluding hydrogens is 548 g/mol. The van der Waals surface area contributed by atoms with E-state index in [0.29, 0.717) is 49.2 Å². The third-order valence-corrected chi connectivity index (χ3v) is 8.14. The number of ether oxygens (including phenoxy) is 1. The van der Waals surface area contributed by atoms with Crippen molar-refractivity contribution in [2.75, 3.05) is 45.6 Å². The van der Waals surface area contributed by atoms with Crippen molar-refractivity contribution in [2.45, 2.75) is 58.1 Å². The van der Waals surface area contributed by atoms with Crippen LogP contribution in [0.3, 0.4) is 0 Å². The Bertz CT molecular complexity index is 1380. The van der Waals surface area contributed by atoms with Gasteiger partial charge < -0.3 is 29.3 Å². The van der Waals surface area contributed by atoms with Crippen LogP contribution in [0.4, 0.5) is 16.6 Å². The maximum Gasteiger partial charge on any atom is 0.410 e. The van der Waals surface area contributed by atoms with Crippen molar-refractivity contribution in [3.63, 3.8) is 0 Å². The summed E-state index contributed by atoms with van der Waals surface area (Å²) in [7, 11) is 3.48. The average molecular weight is 591 g/mol. The molecule has 230 valence electrons. The number of hydrogen-bond donors (Lipinski definition) is 1. The van der Waals surface area contributed by atoms with Crippen LogP contribution in [0, 0.1) is 11.8 Å². The van der Waals surface area contributed by atoms with Crippen LogP contribution in [-0.4, -0.2) is 98.0 Å². The first-order valence-corrected chi connectivity index (χ1v) is 15.0. The van der Waals surface area contributed by atoms with Gasteiger partial charge in [0.1, 0.15) is 17.1 Å². The SMILES string of the molecule is CN(C)C(=O)c1cccnc(Nc2ccc(C(=O)N3CC4CN(C(=O)OC(C)(C)C)CC4C3)cn2)ncn1C1CCCC1. The van der Waals surface area contributed by atoms with E-state index in [-0.39, 0.29) is 35.8 Å². The van der Waals surface area contributed by atoms with E-state index in [0.717, 1.165) is 25.7 Å². The normalized spacial score (nSPS) is 20.0. The van der Waals surface area contributed by atoms with E-state index in [4.69, 9.17) is 4.74 Å². The van der Waals surface area contributed by atoms with Crippen molar-refractivity contribution >= 4 is 29.7 Å². The molecule has 3 aliphatic rings. The summed E-state index contributed by atoms with van der Waals surface area (Å²) < 4.78 is 7.47. The number of fused-ring (bicyclic) bond motifs is 1. The second-order valence-electron chi connectivity index (χ2n) is 12.8. The third kappa shape index (κ3) is 7.23. The van der Waals surface area contributed by atoms with Crippen molar-refractivity contribution in [1.82, 2.24) is 34.2 Å². The van der Waals surface area contributed by atoms with E-state index < -0.39 is 5.60 Å². The summed E-state index contributed by atoms with van der Waals surface area (Å²) in [4.78, 5) is 57.3. The van der Waals surface area contributed by atoms with Gasteiger partial charge in [0.25, 0.3) is 11.8 Å². The van der Waals surface area contributed by atoms with Crippen LogP contribution in [0.25, 0.3) is 0 Å². The monoisotopic (exact) mass is 590 g/mol. The Morgan fingerprint density at radius 3 is 2.21 bits per heavy atom. The number of nitrogens with one attached hydrogen (secondary N) is 1. The first kappa shape index (κ1) is 30.2. The molecule has 2 unspecified atom stereocenters. The molecule has 2 aliphatic heterocycles. The fourth-order valence-corrected chi connectivity index (χ4v) is 6.02. The average Bonchev–Trinajstić information content (AvgIpc) is 3.70. The maximum absolute atomic E-state index is 13.3. The zero-order valence-electron chi connectivity index (χ0n) is 25.7. The smallest absolute Gasteiger partial charge is 0.410 e. The molecule has 2 atom stereocenters. The quantitative estimate of drug-likeness (QED) is 0.547. The van der Waals surface area contributed by atoms with Gasteiger partial charge in [-0.25, -0.2) is 19.7 Å². The number of anilines is 2. The minimum Gasteiger partial charge on any atom is -0.444 e. The zero-order valence-corrected chi connectivity index (χ0v) is 25.7. The van der Waals surface area contributed by atoms with Gasteiger partial charge >= 0.3 is 6.09 Å². The molecule has 0 radical (unpaired) electrons. The Balaban J connectivity index is 1.25. The standard InChI is InChI=1S/C31H42N8O4/c1-31(2,3)43-30(42)38-18-22-16-37(17-23(22)19-38)27(40)21-12-13-26(33-15-21)35-29-32-14-8-11-25(28(41)36(4)5)39(20-34-29)24-9-6-7-10-24/h8,11-15,20,22-24H,6-7,9-10,16-19H2,1-5H3,(H,32,33,35). The number of aromatic nitrogens is 4. The molecule has 0 aromatic carbocycles. The van der Waals surface area contributed by atoms with Gasteiger partial charge in [0.15, 0.2) is 0 Å². The van der Waals surface area contributed by atoms with E-state index in [1.54, 1.807) is 66.9 Å². The lowest BCUT2D eigenvalue weighted by molar-refractivity contribution is 0.0275. The molecular formula is C31H42N8O4. The molecule has 0 spiro atoms. The highest BCUT2D eigenvalue weighted by Crippen LogP contribution is 2.33. The highest BCUT2D eigenvalue weighted by Gasteiger charge is 2.44. The molecule has 1 saturated carbocycles. The van der Waals surface area contributed by atoms with Crippen LogP contribution in [0.5, 0.6) is 0 Å². The number of hydrogen-bond acceptors (Lipinski definition) is 8. The molecule has 5 rings (SSSR count). The Morgan fingerprint density at radius 2 is 1.60 bits per heavy atom. The number of carbonyl (C=O) groups is 3. The number of carbonyl (C=O) groups excluding carboxylic acids is 3. The zero-order chi connectivity index (χ0) is 30.7. The van der Waals surface area contributed by atoms with Crippen LogP contribution < -0.4 is 5.32 Å². The van der Waals surface area contributed by atoms with E-state index in [1.165, 1.54) is 0 Å². The maximum atomic E-state index is 13.3. The van der Waals surface area contributed by atoms with Crippen molar-refractivity contribution in [3.05, 3.63) is 54.2 Å². The van der Waals surface area contributed by atoms with Crippen LogP contribution >= 0.6 is 0 Å². The van der Waals surface area contributed by atoms with Crippen molar-refractivity contribution in [1.29, 1.82) is 0 Å². The van der Waals surface area contributed by atoms with Crippen molar-refractivity contribution in [3.8, 4) is 0 Å². The predicted octanol–water partition coefficient (Wildman–Crippen LogP) is 4.30. The van der Waals surface area contributed by atoms with Crippen LogP contribution in [0.15, 0.2) is 43.0 Å². The predicted molar refractivity (Wildman–Crippen MR) is 161 cm³/mol. The van der Waals surface area contributed by atoms with Crippen molar-refractivity contribution in [2.24, 2.45) is 11.8 Å². The highest BCUT2D eigenvalue weighted by atomic mass is 16.6. The van der Waals surface area contributed by atoms with E-state index in [2.05, 4.69) is 20.3 Å². The molecule has 12 nitrogen and oxygen atoms in total. The fourth-order valence-electron chi connectivity index (χ4n) is 6.02. The summed E-state index contributed by atoms with van der Waals surface area (Å²) in [6, 6.07) is 7.19. The molecule has 1 aliphatic carbocycles. The van der Waals surface area contributed by atoms with Gasteiger partial charge in [-0.1, -0.05) is 12.8 Å². The summed E-state index contributed by atoms with van der Waals surface area (Å²) in [5, 5.41) is 3.12. The topological polar surface area (TPSA) is 126 Å². The number of pyridine rings is 1. The Hall–Kier alpha value is -4.22. The first-order valence-electron chi connectivity index (χ1n) is 15.0.